The highest BCUT2D eigenvalue weighted by molar-refractivity contribution is 7.96. The Morgan fingerprint density at radius 3 is 1.95 bits per heavy atom. The van der Waals surface area contributed by atoms with Crippen LogP contribution in [0.3, 0.4) is 0 Å². The third-order valence-electron chi connectivity index (χ3n) is 3.27. The summed E-state index contributed by atoms with van der Waals surface area (Å²) >= 11 is 0. The van der Waals surface area contributed by atoms with Gasteiger partial charge in [0, 0.05) is 17.2 Å². The molecular formula is C16H10O4S. The van der Waals surface area contributed by atoms with Gasteiger partial charge in [-0.05, 0) is 12.1 Å². The number of ketones is 2. The van der Waals surface area contributed by atoms with Crippen molar-refractivity contribution in [1.82, 2.24) is 0 Å². The fourth-order valence-corrected chi connectivity index (χ4v) is 3.60. The number of allylic oxidation sites excluding steroid dienone is 2. The van der Waals surface area contributed by atoms with Gasteiger partial charge in [-0.3, -0.25) is 9.59 Å². The second-order valence-electron chi connectivity index (χ2n) is 4.56. The average Bonchev–Trinajstić information content (AvgIpc) is 2.51. The molecule has 0 fully saturated rings. The van der Waals surface area contributed by atoms with E-state index in [2.05, 4.69) is 0 Å². The van der Waals surface area contributed by atoms with Crippen molar-refractivity contribution >= 4 is 21.4 Å². The van der Waals surface area contributed by atoms with Crippen molar-refractivity contribution in [3.8, 4) is 0 Å². The van der Waals surface area contributed by atoms with E-state index < -0.39 is 26.3 Å². The zero-order valence-electron chi connectivity index (χ0n) is 10.8. The van der Waals surface area contributed by atoms with Gasteiger partial charge in [0.25, 0.3) is 0 Å². The van der Waals surface area contributed by atoms with Crippen molar-refractivity contribution in [3.05, 3.63) is 76.7 Å². The molecule has 4 nitrogen and oxygen atoms in total. The van der Waals surface area contributed by atoms with Crippen LogP contribution in [0, 0.1) is 0 Å². The summed E-state index contributed by atoms with van der Waals surface area (Å²) in [7, 11) is -4.00. The van der Waals surface area contributed by atoms with Crippen molar-refractivity contribution in [1.29, 1.82) is 0 Å². The quantitative estimate of drug-likeness (QED) is 0.854. The van der Waals surface area contributed by atoms with E-state index in [1.807, 2.05) is 0 Å². The van der Waals surface area contributed by atoms with Crippen molar-refractivity contribution in [3.63, 3.8) is 0 Å². The van der Waals surface area contributed by atoms with Crippen molar-refractivity contribution in [2.45, 2.75) is 4.90 Å². The van der Waals surface area contributed by atoms with E-state index in [0.29, 0.717) is 0 Å². The molecule has 2 aromatic carbocycles. The fourth-order valence-electron chi connectivity index (χ4n) is 2.22. The monoisotopic (exact) mass is 298 g/mol. The summed E-state index contributed by atoms with van der Waals surface area (Å²) in [6.45, 7) is 0. The van der Waals surface area contributed by atoms with Gasteiger partial charge in [-0.2, -0.15) is 0 Å². The summed E-state index contributed by atoms with van der Waals surface area (Å²) in [4.78, 5) is 23.9. The van der Waals surface area contributed by atoms with Crippen molar-refractivity contribution < 1.29 is 18.0 Å². The molecule has 0 amide bonds. The number of sulfone groups is 1. The Morgan fingerprint density at radius 1 is 0.714 bits per heavy atom. The molecule has 0 saturated carbocycles. The lowest BCUT2D eigenvalue weighted by Crippen LogP contribution is -2.22. The van der Waals surface area contributed by atoms with Gasteiger partial charge in [0.1, 0.15) is 4.91 Å². The second-order valence-corrected chi connectivity index (χ2v) is 6.48. The molecule has 5 heteroatoms. The molecule has 0 aliphatic heterocycles. The summed E-state index contributed by atoms with van der Waals surface area (Å²) in [6, 6.07) is 13.8. The van der Waals surface area contributed by atoms with Crippen LogP contribution in [0.4, 0.5) is 0 Å². The van der Waals surface area contributed by atoms with Crippen LogP contribution < -0.4 is 0 Å². The number of carbonyl (C=O) groups is 2. The molecule has 0 spiro atoms. The first-order valence-electron chi connectivity index (χ1n) is 6.22. The number of benzene rings is 2. The first-order chi connectivity index (χ1) is 10.0. The van der Waals surface area contributed by atoms with Crippen LogP contribution in [0.1, 0.15) is 20.7 Å². The van der Waals surface area contributed by atoms with Crippen molar-refractivity contribution in [2.24, 2.45) is 0 Å². The standard InChI is InChI=1S/C16H10O4S/c17-14-10-15(16(18)13-9-5-4-8-12(13)14)21(19,20)11-6-2-1-3-7-11/h1-10H. The Bertz CT molecular complexity index is 878. The highest BCUT2D eigenvalue weighted by Crippen LogP contribution is 2.28. The van der Waals surface area contributed by atoms with Crippen molar-refractivity contribution in [2.75, 3.05) is 0 Å². The Balaban J connectivity index is 2.18. The van der Waals surface area contributed by atoms with Crippen LogP contribution >= 0.6 is 0 Å². The molecule has 104 valence electrons. The maximum Gasteiger partial charge on any atom is 0.210 e. The topological polar surface area (TPSA) is 68.3 Å². The smallest absolute Gasteiger partial charge is 0.210 e. The Morgan fingerprint density at radius 2 is 1.29 bits per heavy atom. The maximum atomic E-state index is 12.5. The highest BCUT2D eigenvalue weighted by Gasteiger charge is 2.34. The maximum absolute atomic E-state index is 12.5. The highest BCUT2D eigenvalue weighted by atomic mass is 32.2. The van der Waals surface area contributed by atoms with Crippen LogP contribution in [0.25, 0.3) is 0 Å². The van der Waals surface area contributed by atoms with Crippen LogP contribution in [0.5, 0.6) is 0 Å². The predicted octanol–water partition coefficient (Wildman–Crippen LogP) is 2.42. The van der Waals surface area contributed by atoms with Crippen LogP contribution in [-0.2, 0) is 9.84 Å². The van der Waals surface area contributed by atoms with E-state index in [1.165, 1.54) is 24.3 Å². The molecule has 1 aliphatic rings. The molecule has 2 aromatic rings. The van der Waals surface area contributed by atoms with Gasteiger partial charge in [0.05, 0.1) is 4.90 Å². The van der Waals surface area contributed by atoms with Crippen LogP contribution in [0.2, 0.25) is 0 Å². The molecule has 0 N–H and O–H groups in total. The van der Waals surface area contributed by atoms with E-state index in [1.54, 1.807) is 30.3 Å². The summed E-state index contributed by atoms with van der Waals surface area (Å²) in [6.07, 6.45) is 0.910. The van der Waals surface area contributed by atoms with E-state index in [9.17, 15) is 18.0 Å². The van der Waals surface area contributed by atoms with Gasteiger partial charge in [-0.1, -0.05) is 42.5 Å². The second kappa shape index (κ2) is 4.79. The van der Waals surface area contributed by atoms with E-state index in [-0.39, 0.29) is 16.0 Å². The summed E-state index contributed by atoms with van der Waals surface area (Å²) in [5, 5.41) is 0. The molecule has 0 atom stereocenters. The first-order valence-corrected chi connectivity index (χ1v) is 7.70. The third-order valence-corrected chi connectivity index (χ3v) is 5.04. The van der Waals surface area contributed by atoms with Gasteiger partial charge in [0.15, 0.2) is 5.78 Å². The lowest BCUT2D eigenvalue weighted by atomic mass is 9.95. The molecule has 0 radical (unpaired) electrons. The Kier molecular flexibility index (Phi) is 3.07. The molecule has 1 aliphatic carbocycles. The zero-order chi connectivity index (χ0) is 15.0. The van der Waals surface area contributed by atoms with Gasteiger partial charge in [-0.25, -0.2) is 8.42 Å². The molecular weight excluding hydrogens is 288 g/mol. The van der Waals surface area contributed by atoms with Gasteiger partial charge in [0.2, 0.25) is 15.6 Å². The van der Waals surface area contributed by atoms with Crippen LogP contribution in [-0.4, -0.2) is 20.0 Å². The number of Topliss-reactive ketones (excluding diaryl/α,β-unsaturated/α-hetero) is 1. The van der Waals surface area contributed by atoms with E-state index in [4.69, 9.17) is 0 Å². The fraction of sp³-hybridized carbons (Fsp3) is 0. The lowest BCUT2D eigenvalue weighted by Gasteiger charge is -2.15. The number of hydrogen-bond acceptors (Lipinski definition) is 4. The zero-order valence-corrected chi connectivity index (χ0v) is 11.6. The molecule has 0 saturated heterocycles. The van der Waals surface area contributed by atoms with Gasteiger partial charge >= 0.3 is 0 Å². The SMILES string of the molecule is O=C1C=C(S(=O)(=O)c2ccccc2)C(=O)c2ccccc21. The van der Waals surface area contributed by atoms with Gasteiger partial charge < -0.3 is 0 Å². The first kappa shape index (κ1) is 13.5. The minimum absolute atomic E-state index is 0.00298. The average molecular weight is 298 g/mol. The number of hydrogen-bond donors (Lipinski definition) is 0. The molecule has 0 unspecified atom stereocenters. The summed E-state index contributed by atoms with van der Waals surface area (Å²) in [5.74, 6) is -1.12. The summed E-state index contributed by atoms with van der Waals surface area (Å²) < 4.78 is 25.0. The molecule has 0 heterocycles. The third kappa shape index (κ3) is 2.11. The number of carbonyl (C=O) groups excluding carboxylic acids is 2. The molecule has 3 rings (SSSR count). The van der Waals surface area contributed by atoms with E-state index in [0.717, 1.165) is 6.08 Å². The summed E-state index contributed by atoms with van der Waals surface area (Å²) in [5.41, 5.74) is 0.356. The molecule has 0 bridgehead atoms. The van der Waals surface area contributed by atoms with Gasteiger partial charge in [-0.15, -0.1) is 0 Å². The van der Waals surface area contributed by atoms with Crippen LogP contribution in [0.15, 0.2) is 70.5 Å². The normalized spacial score (nSPS) is 14.6. The molecule has 21 heavy (non-hydrogen) atoms. The van der Waals surface area contributed by atoms with E-state index >= 15 is 0 Å². The molecule has 0 aromatic heterocycles. The predicted molar refractivity (Wildman–Crippen MR) is 76.8 cm³/mol. The minimum Gasteiger partial charge on any atom is -0.289 e. The lowest BCUT2D eigenvalue weighted by molar-refractivity contribution is 0.0990. The number of rotatable bonds is 2. The number of fused-ring (bicyclic) bond motifs is 1. The largest absolute Gasteiger partial charge is 0.289 e. The Labute approximate surface area is 121 Å². The minimum atomic E-state index is -4.00. The Hall–Kier alpha value is -2.53.